The van der Waals surface area contributed by atoms with E-state index in [1.54, 1.807) is 0 Å². The highest BCUT2D eigenvalue weighted by molar-refractivity contribution is 5.79. The number of hydrogen-bond donors (Lipinski definition) is 0. The van der Waals surface area contributed by atoms with E-state index in [1.165, 1.54) is 43.2 Å². The maximum absolute atomic E-state index is 4.66. The molecule has 1 fully saturated rings. The second kappa shape index (κ2) is 5.11. The lowest BCUT2D eigenvalue weighted by Gasteiger charge is -2.17. The number of aliphatic imine (C=N–C) groups is 1. The molecule has 0 spiro atoms. The van der Waals surface area contributed by atoms with Gasteiger partial charge in [-0.2, -0.15) is 0 Å². The monoisotopic (exact) mass is 201 g/mol. The molecule has 0 N–H and O–H groups in total. The van der Waals surface area contributed by atoms with Crippen molar-refractivity contribution in [2.24, 2.45) is 4.99 Å². The van der Waals surface area contributed by atoms with Gasteiger partial charge in [-0.05, 0) is 25.3 Å². The molecule has 1 heteroatoms. The van der Waals surface area contributed by atoms with E-state index in [0.29, 0.717) is 6.04 Å². The number of hydrogen-bond acceptors (Lipinski definition) is 1. The Balaban J connectivity index is 1.95. The lowest BCUT2D eigenvalue weighted by Crippen LogP contribution is -2.09. The largest absolute Gasteiger partial charge is 0.289 e. The van der Waals surface area contributed by atoms with Gasteiger partial charge in [-0.1, -0.05) is 49.1 Å². The van der Waals surface area contributed by atoms with Crippen molar-refractivity contribution in [2.75, 3.05) is 0 Å². The Morgan fingerprint density at radius 2 is 1.73 bits per heavy atom. The summed E-state index contributed by atoms with van der Waals surface area (Å²) in [5.41, 5.74) is 2.54. The van der Waals surface area contributed by atoms with Gasteiger partial charge in [-0.15, -0.1) is 0 Å². The van der Waals surface area contributed by atoms with Crippen LogP contribution in [-0.2, 0) is 0 Å². The maximum Gasteiger partial charge on any atom is 0.0499 e. The Kier molecular flexibility index (Phi) is 3.54. The summed E-state index contributed by atoms with van der Waals surface area (Å²) in [6, 6.07) is 9.15. The van der Waals surface area contributed by atoms with Crippen molar-refractivity contribution in [1.82, 2.24) is 0 Å². The van der Waals surface area contributed by atoms with Crippen molar-refractivity contribution in [1.29, 1.82) is 0 Å². The highest BCUT2D eigenvalue weighted by atomic mass is 14.8. The van der Waals surface area contributed by atoms with E-state index in [1.807, 2.05) is 6.21 Å². The highest BCUT2D eigenvalue weighted by Crippen LogP contribution is 2.20. The van der Waals surface area contributed by atoms with Gasteiger partial charge in [0.2, 0.25) is 0 Å². The lowest BCUT2D eigenvalue weighted by molar-refractivity contribution is 0.444. The van der Waals surface area contributed by atoms with E-state index >= 15 is 0 Å². The first-order valence-electron chi connectivity index (χ1n) is 5.94. The highest BCUT2D eigenvalue weighted by Gasteiger charge is 2.10. The predicted octanol–water partition coefficient (Wildman–Crippen LogP) is 3.75. The Labute approximate surface area is 92.2 Å². The second-order valence-electron chi connectivity index (χ2n) is 4.48. The fraction of sp³-hybridized carbons (Fsp3) is 0.500. The predicted molar refractivity (Wildman–Crippen MR) is 65.6 cm³/mol. The summed E-state index contributed by atoms with van der Waals surface area (Å²) < 4.78 is 0. The normalized spacial score (nSPS) is 18.5. The number of nitrogens with zero attached hydrogens (tertiary/aromatic N) is 1. The first-order chi connectivity index (χ1) is 7.34. The molecule has 1 aliphatic carbocycles. The summed E-state index contributed by atoms with van der Waals surface area (Å²) in [6.45, 7) is 2.11. The molecule has 0 aliphatic heterocycles. The van der Waals surface area contributed by atoms with Crippen LogP contribution in [0.15, 0.2) is 29.3 Å². The third-order valence-electron chi connectivity index (χ3n) is 3.09. The van der Waals surface area contributed by atoms with Crippen molar-refractivity contribution >= 4 is 6.21 Å². The van der Waals surface area contributed by atoms with Gasteiger partial charge in [0.25, 0.3) is 0 Å². The molecule has 0 unspecified atom stereocenters. The van der Waals surface area contributed by atoms with Gasteiger partial charge < -0.3 is 0 Å². The topological polar surface area (TPSA) is 12.4 Å². The summed E-state index contributed by atoms with van der Waals surface area (Å²) in [6.07, 6.45) is 8.71. The minimum atomic E-state index is 0.583. The Bertz CT molecular complexity index is 318. The first-order valence-corrected chi connectivity index (χ1v) is 5.94. The molecule has 1 aliphatic rings. The molecule has 0 radical (unpaired) electrons. The second-order valence-corrected chi connectivity index (χ2v) is 4.48. The van der Waals surface area contributed by atoms with Crippen LogP contribution in [0.1, 0.15) is 43.2 Å². The smallest absolute Gasteiger partial charge is 0.0499 e. The minimum absolute atomic E-state index is 0.583. The zero-order valence-electron chi connectivity index (χ0n) is 9.45. The van der Waals surface area contributed by atoms with E-state index in [9.17, 15) is 0 Å². The summed E-state index contributed by atoms with van der Waals surface area (Å²) in [5.74, 6) is 0. The van der Waals surface area contributed by atoms with E-state index in [0.717, 1.165) is 0 Å². The van der Waals surface area contributed by atoms with Crippen molar-refractivity contribution in [3.8, 4) is 0 Å². The van der Waals surface area contributed by atoms with Gasteiger partial charge in [0, 0.05) is 12.3 Å². The standard InChI is InChI=1S/C14H19N/c1-12-7-9-13(10-8-12)11-15-14-5-3-2-4-6-14/h7-11,14H,2-6H2,1H3/b15-11+. The van der Waals surface area contributed by atoms with Crippen LogP contribution in [-0.4, -0.2) is 12.3 Å². The molecule has 0 amide bonds. The molecule has 1 aromatic rings. The van der Waals surface area contributed by atoms with Crippen molar-refractivity contribution in [2.45, 2.75) is 45.1 Å². The third-order valence-corrected chi connectivity index (χ3v) is 3.09. The zero-order chi connectivity index (χ0) is 10.5. The first kappa shape index (κ1) is 10.4. The summed E-state index contributed by atoms with van der Waals surface area (Å²) in [5, 5.41) is 0. The quantitative estimate of drug-likeness (QED) is 0.646. The summed E-state index contributed by atoms with van der Waals surface area (Å²) >= 11 is 0. The molecule has 2 rings (SSSR count). The van der Waals surface area contributed by atoms with Crippen LogP contribution in [0.2, 0.25) is 0 Å². The van der Waals surface area contributed by atoms with Crippen LogP contribution in [0, 0.1) is 6.92 Å². The Morgan fingerprint density at radius 3 is 2.40 bits per heavy atom. The molecule has 0 saturated heterocycles. The van der Waals surface area contributed by atoms with Crippen LogP contribution < -0.4 is 0 Å². The van der Waals surface area contributed by atoms with E-state index in [2.05, 4.69) is 36.2 Å². The van der Waals surface area contributed by atoms with Crippen molar-refractivity contribution in [3.05, 3.63) is 35.4 Å². The van der Waals surface area contributed by atoms with E-state index in [4.69, 9.17) is 0 Å². The molecule has 1 nitrogen and oxygen atoms in total. The molecular formula is C14H19N. The zero-order valence-corrected chi connectivity index (χ0v) is 9.45. The fourth-order valence-corrected chi connectivity index (χ4v) is 2.07. The Hall–Kier alpha value is -1.11. The summed E-state index contributed by atoms with van der Waals surface area (Å²) in [4.78, 5) is 4.66. The molecule has 1 saturated carbocycles. The fourth-order valence-electron chi connectivity index (χ4n) is 2.07. The molecule has 0 atom stereocenters. The van der Waals surface area contributed by atoms with Gasteiger partial charge in [0.15, 0.2) is 0 Å². The van der Waals surface area contributed by atoms with Gasteiger partial charge in [-0.25, -0.2) is 0 Å². The average molecular weight is 201 g/mol. The lowest BCUT2D eigenvalue weighted by atomic mass is 9.96. The Morgan fingerprint density at radius 1 is 1.07 bits per heavy atom. The van der Waals surface area contributed by atoms with Crippen molar-refractivity contribution in [3.63, 3.8) is 0 Å². The van der Waals surface area contributed by atoms with Crippen LogP contribution in [0.3, 0.4) is 0 Å². The minimum Gasteiger partial charge on any atom is -0.289 e. The van der Waals surface area contributed by atoms with E-state index in [-0.39, 0.29) is 0 Å². The van der Waals surface area contributed by atoms with Crippen LogP contribution in [0.5, 0.6) is 0 Å². The average Bonchev–Trinajstić information content (AvgIpc) is 2.30. The van der Waals surface area contributed by atoms with Gasteiger partial charge in [0.05, 0.1) is 0 Å². The molecule has 0 heterocycles. The van der Waals surface area contributed by atoms with E-state index < -0.39 is 0 Å². The molecule has 1 aromatic carbocycles. The van der Waals surface area contributed by atoms with Crippen molar-refractivity contribution < 1.29 is 0 Å². The van der Waals surface area contributed by atoms with Gasteiger partial charge in [-0.3, -0.25) is 4.99 Å². The molecule has 15 heavy (non-hydrogen) atoms. The van der Waals surface area contributed by atoms with Crippen LogP contribution in [0.25, 0.3) is 0 Å². The maximum atomic E-state index is 4.66. The van der Waals surface area contributed by atoms with Crippen LogP contribution in [0.4, 0.5) is 0 Å². The SMILES string of the molecule is Cc1ccc(/C=N/C2CCCCC2)cc1. The summed E-state index contributed by atoms with van der Waals surface area (Å²) in [7, 11) is 0. The van der Waals surface area contributed by atoms with Gasteiger partial charge in [0.1, 0.15) is 0 Å². The number of rotatable bonds is 2. The molecule has 80 valence electrons. The molecule has 0 bridgehead atoms. The molecule has 0 aromatic heterocycles. The van der Waals surface area contributed by atoms with Gasteiger partial charge >= 0.3 is 0 Å². The number of aryl methyl sites for hydroxylation is 1. The third kappa shape index (κ3) is 3.19. The van der Waals surface area contributed by atoms with Crippen LogP contribution >= 0.6 is 0 Å². The molecular weight excluding hydrogens is 182 g/mol. The number of benzene rings is 1.